The van der Waals surface area contributed by atoms with Crippen LogP contribution in [0.15, 0.2) is 29.3 Å². The maximum atomic E-state index is 11.8. The summed E-state index contributed by atoms with van der Waals surface area (Å²) >= 11 is 0. The third kappa shape index (κ3) is 1.18. The third-order valence-electron chi connectivity index (χ3n) is 2.98. The zero-order chi connectivity index (χ0) is 12.9. The van der Waals surface area contributed by atoms with E-state index in [2.05, 4.69) is 9.97 Å². The molecular formula is C11H8N4O3. The van der Waals surface area contributed by atoms with Crippen molar-refractivity contribution in [3.8, 4) is 0 Å². The van der Waals surface area contributed by atoms with Crippen LogP contribution in [-0.2, 0) is 7.05 Å². The van der Waals surface area contributed by atoms with E-state index in [0.29, 0.717) is 21.9 Å². The van der Waals surface area contributed by atoms with Crippen LogP contribution in [0.25, 0.3) is 21.9 Å². The Morgan fingerprint density at radius 1 is 1.44 bits per heavy atom. The van der Waals surface area contributed by atoms with Crippen LogP contribution in [-0.4, -0.2) is 19.5 Å². The average Bonchev–Trinajstić information content (AvgIpc) is 2.65. The fraction of sp³-hybridized carbons (Fsp3) is 0.0909. The van der Waals surface area contributed by atoms with E-state index in [1.54, 1.807) is 23.7 Å². The molecule has 1 N–H and O–H groups in total. The Hall–Kier alpha value is -2.70. The Morgan fingerprint density at radius 2 is 2.22 bits per heavy atom. The number of nitro benzene ring substituents is 1. The minimum Gasteiger partial charge on any atom is -0.338 e. The maximum absolute atomic E-state index is 11.8. The maximum Gasteiger partial charge on any atom is 0.280 e. The molecule has 0 spiro atoms. The quantitative estimate of drug-likeness (QED) is 0.516. The van der Waals surface area contributed by atoms with Gasteiger partial charge in [0.15, 0.2) is 0 Å². The van der Waals surface area contributed by atoms with Crippen molar-refractivity contribution >= 4 is 27.6 Å². The molecule has 3 rings (SSSR count). The van der Waals surface area contributed by atoms with E-state index < -0.39 is 4.92 Å². The van der Waals surface area contributed by atoms with Gasteiger partial charge in [0.25, 0.3) is 11.2 Å². The molecule has 0 aliphatic heterocycles. The predicted octanol–water partition coefficient (Wildman–Crippen LogP) is 1.32. The third-order valence-corrected chi connectivity index (χ3v) is 2.98. The fourth-order valence-corrected chi connectivity index (χ4v) is 2.21. The van der Waals surface area contributed by atoms with Crippen molar-refractivity contribution in [3.63, 3.8) is 0 Å². The van der Waals surface area contributed by atoms with Gasteiger partial charge in [-0.2, -0.15) is 0 Å². The van der Waals surface area contributed by atoms with Crippen LogP contribution in [0.2, 0.25) is 0 Å². The van der Waals surface area contributed by atoms with E-state index in [4.69, 9.17) is 0 Å². The Kier molecular flexibility index (Phi) is 1.97. The topological polar surface area (TPSA) is 93.8 Å². The van der Waals surface area contributed by atoms with Crippen molar-refractivity contribution in [2.45, 2.75) is 0 Å². The second-order valence-corrected chi connectivity index (χ2v) is 3.92. The molecule has 1 aromatic carbocycles. The summed E-state index contributed by atoms with van der Waals surface area (Å²) in [6, 6.07) is 4.72. The van der Waals surface area contributed by atoms with Crippen molar-refractivity contribution in [2.24, 2.45) is 7.05 Å². The fourth-order valence-electron chi connectivity index (χ4n) is 2.21. The first-order valence-corrected chi connectivity index (χ1v) is 5.20. The summed E-state index contributed by atoms with van der Waals surface area (Å²) in [6.45, 7) is 0. The molecule has 0 fully saturated rings. The first kappa shape index (κ1) is 10.5. The number of non-ortho nitro benzene ring substituents is 1. The van der Waals surface area contributed by atoms with Crippen molar-refractivity contribution in [1.82, 2.24) is 14.5 Å². The van der Waals surface area contributed by atoms with Gasteiger partial charge in [0, 0.05) is 13.1 Å². The lowest BCUT2D eigenvalue weighted by molar-refractivity contribution is -0.383. The van der Waals surface area contributed by atoms with Gasteiger partial charge in [0.05, 0.1) is 16.8 Å². The Balaban J connectivity index is 2.70. The van der Waals surface area contributed by atoms with Gasteiger partial charge in [0.2, 0.25) is 0 Å². The molecule has 0 unspecified atom stereocenters. The molecule has 0 aliphatic rings. The van der Waals surface area contributed by atoms with Gasteiger partial charge in [-0.1, -0.05) is 6.07 Å². The number of nitrogens with zero attached hydrogens (tertiary/aromatic N) is 3. The molecule has 90 valence electrons. The summed E-state index contributed by atoms with van der Waals surface area (Å²) in [5.74, 6) is 0. The van der Waals surface area contributed by atoms with Crippen LogP contribution in [0.1, 0.15) is 0 Å². The predicted molar refractivity (Wildman–Crippen MR) is 65.5 cm³/mol. The molecule has 0 bridgehead atoms. The standard InChI is InChI=1S/C11H8N4O3/c1-14-6-3-2-4-7(15(17)18)8(6)9-10(14)11(16)13-5-12-9/h2-5H,1H3,(H,12,13,16). The van der Waals surface area contributed by atoms with Crippen molar-refractivity contribution in [2.75, 3.05) is 0 Å². The summed E-state index contributed by atoms with van der Waals surface area (Å²) in [7, 11) is 1.69. The molecule has 3 aromatic rings. The lowest BCUT2D eigenvalue weighted by Crippen LogP contribution is -2.09. The number of nitrogens with one attached hydrogen (secondary N) is 1. The normalized spacial score (nSPS) is 11.2. The van der Waals surface area contributed by atoms with Crippen LogP contribution in [0.4, 0.5) is 5.69 Å². The summed E-state index contributed by atoms with van der Waals surface area (Å²) in [6.07, 6.45) is 1.25. The minimum atomic E-state index is -0.468. The molecule has 0 aliphatic carbocycles. The van der Waals surface area contributed by atoms with Crippen molar-refractivity contribution < 1.29 is 4.92 Å². The van der Waals surface area contributed by atoms with E-state index in [9.17, 15) is 14.9 Å². The number of aromatic nitrogens is 3. The van der Waals surface area contributed by atoms with E-state index in [0.717, 1.165) is 0 Å². The SMILES string of the molecule is Cn1c2cccc([N+](=O)[O-])c2c2nc[nH]c(=O)c21. The Morgan fingerprint density at radius 3 is 2.94 bits per heavy atom. The summed E-state index contributed by atoms with van der Waals surface area (Å²) in [4.78, 5) is 28.9. The van der Waals surface area contributed by atoms with Gasteiger partial charge < -0.3 is 9.55 Å². The molecule has 18 heavy (non-hydrogen) atoms. The summed E-state index contributed by atoms with van der Waals surface area (Å²) in [5.41, 5.74) is 0.943. The number of fused-ring (bicyclic) bond motifs is 3. The molecule has 7 nitrogen and oxygen atoms in total. The molecular weight excluding hydrogens is 236 g/mol. The largest absolute Gasteiger partial charge is 0.338 e. The van der Waals surface area contributed by atoms with Crippen LogP contribution in [0.3, 0.4) is 0 Å². The van der Waals surface area contributed by atoms with Gasteiger partial charge in [-0.05, 0) is 6.07 Å². The number of hydrogen-bond acceptors (Lipinski definition) is 4. The molecule has 2 heterocycles. The highest BCUT2D eigenvalue weighted by atomic mass is 16.6. The molecule has 0 saturated heterocycles. The number of nitro groups is 1. The highest BCUT2D eigenvalue weighted by molar-refractivity contribution is 6.10. The molecule has 2 aromatic heterocycles. The van der Waals surface area contributed by atoms with E-state index in [1.165, 1.54) is 12.4 Å². The average molecular weight is 244 g/mol. The Bertz CT molecular complexity index is 846. The molecule has 7 heteroatoms. The minimum absolute atomic E-state index is 0.0452. The van der Waals surface area contributed by atoms with Gasteiger partial charge in [-0.3, -0.25) is 14.9 Å². The van der Waals surface area contributed by atoms with Crippen molar-refractivity contribution in [1.29, 1.82) is 0 Å². The smallest absolute Gasteiger partial charge is 0.280 e. The number of hydrogen-bond donors (Lipinski definition) is 1. The van der Waals surface area contributed by atoms with Gasteiger partial charge in [0.1, 0.15) is 16.4 Å². The second-order valence-electron chi connectivity index (χ2n) is 3.92. The van der Waals surface area contributed by atoms with Crippen LogP contribution in [0, 0.1) is 10.1 Å². The molecule has 0 radical (unpaired) electrons. The van der Waals surface area contributed by atoms with E-state index >= 15 is 0 Å². The zero-order valence-electron chi connectivity index (χ0n) is 9.38. The highest BCUT2D eigenvalue weighted by Gasteiger charge is 2.20. The van der Waals surface area contributed by atoms with Crippen molar-refractivity contribution in [3.05, 3.63) is 45.0 Å². The highest BCUT2D eigenvalue weighted by Crippen LogP contribution is 2.31. The Labute approximate surface area is 99.8 Å². The second kappa shape index (κ2) is 3.39. The summed E-state index contributed by atoms with van der Waals surface area (Å²) in [5, 5.41) is 11.4. The first-order valence-electron chi connectivity index (χ1n) is 5.20. The molecule has 0 saturated carbocycles. The monoisotopic (exact) mass is 244 g/mol. The number of aromatic amines is 1. The van der Waals surface area contributed by atoms with Gasteiger partial charge in [-0.25, -0.2) is 4.98 Å². The van der Waals surface area contributed by atoms with E-state index in [-0.39, 0.29) is 11.2 Å². The van der Waals surface area contributed by atoms with E-state index in [1.807, 2.05) is 0 Å². The lowest BCUT2D eigenvalue weighted by Gasteiger charge is -1.96. The summed E-state index contributed by atoms with van der Waals surface area (Å²) < 4.78 is 1.61. The van der Waals surface area contributed by atoms with Gasteiger partial charge >= 0.3 is 0 Å². The number of rotatable bonds is 1. The van der Waals surface area contributed by atoms with Crippen LogP contribution >= 0.6 is 0 Å². The van der Waals surface area contributed by atoms with Gasteiger partial charge in [-0.15, -0.1) is 0 Å². The lowest BCUT2D eigenvalue weighted by atomic mass is 10.2. The van der Waals surface area contributed by atoms with Crippen LogP contribution < -0.4 is 5.56 Å². The zero-order valence-corrected chi connectivity index (χ0v) is 9.38. The molecule has 0 amide bonds. The molecule has 0 atom stereocenters. The number of H-pyrrole nitrogens is 1. The number of aryl methyl sites for hydroxylation is 1. The van der Waals surface area contributed by atoms with Crippen LogP contribution in [0.5, 0.6) is 0 Å². The first-order chi connectivity index (χ1) is 8.61. The number of benzene rings is 1.